The van der Waals surface area contributed by atoms with Gasteiger partial charge in [0.2, 0.25) is 0 Å². The van der Waals surface area contributed by atoms with Crippen molar-refractivity contribution in [1.82, 2.24) is 0 Å². The van der Waals surface area contributed by atoms with Crippen molar-refractivity contribution in [2.24, 2.45) is 17.8 Å². The largest absolute Gasteiger partial charge is 0.462 e. The number of esters is 1. The van der Waals surface area contributed by atoms with Crippen molar-refractivity contribution < 1.29 is 38.7 Å². The molecular weight excluding hydrogens is 622 g/mol. The highest BCUT2D eigenvalue weighted by Gasteiger charge is 2.60. The Kier molecular flexibility index (Phi) is 10.9. The monoisotopic (exact) mass is 677 g/mol. The minimum Gasteiger partial charge on any atom is -0.462 e. The van der Waals surface area contributed by atoms with Crippen LogP contribution in [0.1, 0.15) is 78.7 Å². The quantitative estimate of drug-likeness (QED) is 0.203. The van der Waals surface area contributed by atoms with Gasteiger partial charge in [0.1, 0.15) is 29.8 Å². The molecule has 9 nitrogen and oxygen atoms in total. The van der Waals surface area contributed by atoms with E-state index in [0.29, 0.717) is 49.4 Å². The molecule has 2 bridgehead atoms. The second-order valence-corrected chi connectivity index (χ2v) is 15.0. The Morgan fingerprint density at radius 1 is 1.10 bits per heavy atom. The van der Waals surface area contributed by atoms with Crippen LogP contribution < -0.4 is 5.73 Å². The second kappa shape index (κ2) is 14.8. The highest BCUT2D eigenvalue weighted by Crippen LogP contribution is 2.47. The molecule has 4 N–H and O–H groups in total. The van der Waals surface area contributed by atoms with Crippen molar-refractivity contribution in [3.05, 3.63) is 76.9 Å². The normalized spacial score (nSPS) is 42.6. The van der Waals surface area contributed by atoms with Crippen LogP contribution in [-0.2, 0) is 34.9 Å². The van der Waals surface area contributed by atoms with Gasteiger partial charge in [-0.1, -0.05) is 69.4 Å². The Morgan fingerprint density at radius 3 is 2.67 bits per heavy atom. The third-order valence-electron chi connectivity index (χ3n) is 11.5. The molecule has 1 spiro atoms. The summed E-state index contributed by atoms with van der Waals surface area (Å²) in [6.45, 7) is 10.9. The van der Waals surface area contributed by atoms with Gasteiger partial charge in [0, 0.05) is 30.9 Å². The molecule has 4 aliphatic heterocycles. The van der Waals surface area contributed by atoms with Gasteiger partial charge in [-0.2, -0.15) is 0 Å². The van der Waals surface area contributed by atoms with Gasteiger partial charge in [0.25, 0.3) is 0 Å². The maximum absolute atomic E-state index is 14.1. The van der Waals surface area contributed by atoms with Gasteiger partial charge in [-0.25, -0.2) is 0 Å². The predicted molar refractivity (Wildman–Crippen MR) is 187 cm³/mol. The number of fused-ring (bicyclic) bond motifs is 2. The fraction of sp³-hybridized carbons (Fsp3) is 0.625. The molecule has 3 fully saturated rings. The standard InChI is InChI=1S/C40H55NO8/c1-6-34-24(2)16-18-39(49-34)22-31-21-30(48-39)15-14-26(4)36(45-19-17-28-11-7-8-13-33(28)41)25(3)10-9-12-29-23-46-37-35(42)27(5)20-32(38(43)47-31)40(29,37)44/h7-14,20,24-25,30-32,34-37,42,44H,6,15-19,21-23,41H2,1-5H3/b10-9+,26-14+,29-12+/t24-,25-,30+,31-,32-,34+,35+,36+,37-,39+,40+/m0/s1. The number of ether oxygens (including phenoxy) is 5. The zero-order valence-corrected chi connectivity index (χ0v) is 29.7. The molecule has 9 heteroatoms. The maximum atomic E-state index is 14.1. The van der Waals surface area contributed by atoms with E-state index >= 15 is 0 Å². The maximum Gasteiger partial charge on any atom is 0.316 e. The number of nitrogens with two attached hydrogens (primary N) is 1. The average molecular weight is 678 g/mol. The van der Waals surface area contributed by atoms with Crippen LogP contribution in [0.25, 0.3) is 0 Å². The van der Waals surface area contributed by atoms with Crippen molar-refractivity contribution in [2.45, 2.75) is 128 Å². The molecule has 1 aromatic rings. The number of aliphatic hydroxyl groups is 2. The van der Waals surface area contributed by atoms with Gasteiger partial charge in [-0.15, -0.1) is 0 Å². The number of rotatable bonds is 5. The van der Waals surface area contributed by atoms with E-state index < -0.39 is 41.6 Å². The minimum absolute atomic E-state index is 0.0263. The van der Waals surface area contributed by atoms with Crippen LogP contribution in [-0.4, -0.2) is 77.4 Å². The van der Waals surface area contributed by atoms with Gasteiger partial charge >= 0.3 is 5.97 Å². The molecule has 0 radical (unpaired) electrons. The Bertz CT molecular complexity index is 1480. The van der Waals surface area contributed by atoms with E-state index in [-0.39, 0.29) is 30.8 Å². The van der Waals surface area contributed by atoms with Crippen molar-refractivity contribution in [2.75, 3.05) is 18.9 Å². The SMILES string of the molecule is CC[C@H]1O[C@]2(CC[C@@H]1C)C[C@@H]1C[C@@H](C/C=C(\C)[C@H](OCCc3ccccc3N)[C@@H](C)/C=C/C=C3\CO[C@H]4[C@H](O)C(C)=C[C@@H](C(=O)O1)[C@]34O)O2. The Hall–Kier alpha value is -2.79. The van der Waals surface area contributed by atoms with Gasteiger partial charge in [-0.05, 0) is 73.8 Å². The van der Waals surface area contributed by atoms with E-state index in [9.17, 15) is 15.0 Å². The van der Waals surface area contributed by atoms with Gasteiger partial charge in [-0.3, -0.25) is 4.79 Å². The van der Waals surface area contributed by atoms with Gasteiger partial charge in [0.05, 0.1) is 31.5 Å². The van der Waals surface area contributed by atoms with Crippen molar-refractivity contribution in [3.63, 3.8) is 0 Å². The summed E-state index contributed by atoms with van der Waals surface area (Å²) in [6.07, 6.45) is 11.5. The first-order chi connectivity index (χ1) is 23.4. The Morgan fingerprint density at radius 2 is 1.90 bits per heavy atom. The van der Waals surface area contributed by atoms with Gasteiger partial charge in [0.15, 0.2) is 5.79 Å². The predicted octanol–water partition coefficient (Wildman–Crippen LogP) is 5.74. The Labute approximate surface area is 291 Å². The number of nitrogen functional groups attached to an aromatic ring is 1. The van der Waals surface area contributed by atoms with E-state index in [1.54, 1.807) is 13.0 Å². The molecule has 4 heterocycles. The summed E-state index contributed by atoms with van der Waals surface area (Å²) in [5.41, 5.74) is 8.45. The van der Waals surface area contributed by atoms with E-state index in [4.69, 9.17) is 29.4 Å². The zero-order valence-electron chi connectivity index (χ0n) is 29.7. The fourth-order valence-corrected chi connectivity index (χ4v) is 8.51. The van der Waals surface area contributed by atoms with Crippen LogP contribution in [0.4, 0.5) is 5.69 Å². The molecule has 3 saturated heterocycles. The lowest BCUT2D eigenvalue weighted by Crippen LogP contribution is -2.58. The second-order valence-electron chi connectivity index (χ2n) is 15.0. The number of carbonyl (C=O) groups is 1. The number of hydrogen-bond donors (Lipinski definition) is 3. The third-order valence-corrected chi connectivity index (χ3v) is 11.5. The summed E-state index contributed by atoms with van der Waals surface area (Å²) in [7, 11) is 0. The highest BCUT2D eigenvalue weighted by atomic mass is 16.7. The number of para-hydroxylation sites is 1. The number of carbonyl (C=O) groups excluding carboxylic acids is 1. The topological polar surface area (TPSA) is 130 Å². The van der Waals surface area contributed by atoms with Gasteiger partial charge < -0.3 is 39.6 Å². The number of aliphatic hydroxyl groups excluding tert-OH is 1. The molecule has 0 saturated carbocycles. The first-order valence-electron chi connectivity index (χ1n) is 18.2. The molecule has 6 rings (SSSR count). The number of allylic oxidation sites excluding steroid dienone is 2. The lowest BCUT2D eigenvalue weighted by Gasteiger charge is -2.50. The average Bonchev–Trinajstić information content (AvgIpc) is 3.41. The van der Waals surface area contributed by atoms with Crippen LogP contribution in [0.5, 0.6) is 0 Å². The Balaban J connectivity index is 1.35. The van der Waals surface area contributed by atoms with Crippen LogP contribution in [0.15, 0.2) is 71.4 Å². The summed E-state index contributed by atoms with van der Waals surface area (Å²) in [5.74, 6) is -2.04. The molecule has 0 amide bonds. The molecule has 1 aromatic carbocycles. The molecular formula is C40H55NO8. The molecule has 268 valence electrons. The molecule has 0 aromatic heterocycles. The minimum atomic E-state index is -1.76. The van der Waals surface area contributed by atoms with Crippen LogP contribution in [0, 0.1) is 17.8 Å². The third kappa shape index (κ3) is 7.34. The number of hydrogen-bond acceptors (Lipinski definition) is 9. The van der Waals surface area contributed by atoms with Crippen molar-refractivity contribution in [1.29, 1.82) is 0 Å². The summed E-state index contributed by atoms with van der Waals surface area (Å²) in [5, 5.41) is 23.3. The smallest absolute Gasteiger partial charge is 0.316 e. The molecule has 49 heavy (non-hydrogen) atoms. The van der Waals surface area contributed by atoms with E-state index in [0.717, 1.165) is 36.1 Å². The molecule has 11 atom stereocenters. The van der Waals surface area contributed by atoms with Crippen LogP contribution >= 0.6 is 0 Å². The summed E-state index contributed by atoms with van der Waals surface area (Å²) >= 11 is 0. The van der Waals surface area contributed by atoms with E-state index in [2.05, 4.69) is 33.8 Å². The van der Waals surface area contributed by atoms with E-state index in [1.807, 2.05) is 42.5 Å². The molecule has 5 aliphatic rings. The number of anilines is 1. The van der Waals surface area contributed by atoms with Crippen LogP contribution in [0.3, 0.4) is 0 Å². The molecule has 1 aliphatic carbocycles. The lowest BCUT2D eigenvalue weighted by molar-refractivity contribution is -0.335. The zero-order chi connectivity index (χ0) is 34.9. The number of benzene rings is 1. The first kappa shape index (κ1) is 36.0. The van der Waals surface area contributed by atoms with E-state index in [1.165, 1.54) is 0 Å². The summed E-state index contributed by atoms with van der Waals surface area (Å²) in [4.78, 5) is 14.1. The summed E-state index contributed by atoms with van der Waals surface area (Å²) in [6, 6.07) is 7.86. The highest BCUT2D eigenvalue weighted by molar-refractivity contribution is 5.78. The summed E-state index contributed by atoms with van der Waals surface area (Å²) < 4.78 is 32.4. The van der Waals surface area contributed by atoms with Crippen LogP contribution in [0.2, 0.25) is 0 Å². The van der Waals surface area contributed by atoms with Crippen molar-refractivity contribution >= 4 is 11.7 Å². The van der Waals surface area contributed by atoms with Crippen molar-refractivity contribution in [3.8, 4) is 0 Å². The molecule has 0 unspecified atom stereocenters. The first-order valence-corrected chi connectivity index (χ1v) is 18.2. The lowest BCUT2D eigenvalue weighted by atomic mass is 9.71. The fourth-order valence-electron chi connectivity index (χ4n) is 8.51.